The van der Waals surface area contributed by atoms with Gasteiger partial charge in [-0.25, -0.2) is 4.79 Å². The molecule has 0 atom stereocenters. The van der Waals surface area contributed by atoms with E-state index >= 15 is 0 Å². The van der Waals surface area contributed by atoms with Gasteiger partial charge in [-0.15, -0.1) is 0 Å². The zero-order chi connectivity index (χ0) is 7.82. The molecule has 0 aromatic rings. The molecule has 12 heavy (non-hydrogen) atoms. The van der Waals surface area contributed by atoms with Crippen molar-refractivity contribution in [1.29, 1.82) is 0 Å². The Morgan fingerprint density at radius 1 is 1.58 bits per heavy atom. The zero-order valence-electron chi connectivity index (χ0n) is 7.38. The molecule has 0 heterocycles. The molecule has 0 aliphatic rings. The summed E-state index contributed by atoms with van der Waals surface area (Å²) in [6, 6.07) is 0. The summed E-state index contributed by atoms with van der Waals surface area (Å²) < 4.78 is 4.39. The smallest absolute Gasteiger partial charge is 1.00 e. The minimum absolute atomic E-state index is 0. The van der Waals surface area contributed by atoms with Crippen LogP contribution in [0.3, 0.4) is 0 Å². The van der Waals surface area contributed by atoms with Crippen LogP contribution in [0.15, 0.2) is 12.2 Å². The first-order valence-electron chi connectivity index (χ1n) is 3.35. The summed E-state index contributed by atoms with van der Waals surface area (Å²) in [6.07, 6.45) is 6.07. The number of carbonyl (C=O) groups excluding carboxylic acids is 1. The third kappa shape index (κ3) is 13.2. The first-order chi connectivity index (χ1) is 4.81. The largest absolute Gasteiger partial charge is 2.00 e. The molecule has 0 amide bonds. The Labute approximate surface area is 104 Å². The first kappa shape index (κ1) is 18.4. The zero-order valence-corrected chi connectivity index (χ0v) is 12.5. The molecule has 0 unspecified atom stereocenters. The third-order valence-corrected chi connectivity index (χ3v) is 1.08. The second-order valence-electron chi connectivity index (χ2n) is 1.92. The van der Waals surface area contributed by atoms with Gasteiger partial charge in [0.25, 0.3) is 0 Å². The second-order valence-corrected chi connectivity index (χ2v) is 1.92. The molecule has 0 rings (SSSR count). The van der Waals surface area contributed by atoms with E-state index in [0.717, 1.165) is 19.3 Å². The number of ether oxygens (including phenoxy) is 1. The van der Waals surface area contributed by atoms with E-state index in [1.807, 2.05) is 0 Å². The van der Waals surface area contributed by atoms with Gasteiger partial charge >= 0.3 is 25.4 Å². The van der Waals surface area contributed by atoms with E-state index in [1.54, 1.807) is 6.08 Å². The fourth-order valence-electron chi connectivity index (χ4n) is 0.510. The maximum atomic E-state index is 10.5. The van der Waals surface area contributed by atoms with Crippen LogP contribution < -0.4 is 24.0 Å². The molecular weight excluding hydrogens is 320 g/mol. The average Bonchev–Trinajstić information content (AvgIpc) is 1.98. The quantitative estimate of drug-likeness (QED) is 0.160. The van der Waals surface area contributed by atoms with Crippen LogP contribution in [0.4, 0.5) is 0 Å². The number of hydrogen-bond donors (Lipinski definition) is 0. The molecule has 2 nitrogen and oxygen atoms in total. The van der Waals surface area contributed by atoms with Crippen LogP contribution in [0.5, 0.6) is 0 Å². The fourth-order valence-corrected chi connectivity index (χ4v) is 0.510. The van der Waals surface area contributed by atoms with Gasteiger partial charge in [0.15, 0.2) is 0 Å². The molecule has 0 N–H and O–H groups in total. The van der Waals surface area contributed by atoms with E-state index in [1.165, 1.54) is 13.2 Å². The van der Waals surface area contributed by atoms with Crippen molar-refractivity contribution in [2.75, 3.05) is 7.11 Å². The predicted molar refractivity (Wildman–Crippen MR) is 40.4 cm³/mol. The Morgan fingerprint density at radius 2 is 2.17 bits per heavy atom. The van der Waals surface area contributed by atoms with Gasteiger partial charge in [0, 0.05) is 6.08 Å². The predicted octanol–water partition coefficient (Wildman–Crippen LogP) is -1.28. The van der Waals surface area contributed by atoms with Gasteiger partial charge < -0.3 is 35.6 Å². The molecule has 0 spiro atoms. The standard InChI is InChI=1S/C8H13O2.HI.Zn/c1-3-4-5-6-7-8(9)10-2;;/h6-7H,1,3-5H2,2H3;1H;/q-1;;+2/p-1/b7-6+;;. The minimum atomic E-state index is -0.288. The maximum absolute atomic E-state index is 10.5. The molecule has 0 saturated heterocycles. The van der Waals surface area contributed by atoms with Gasteiger partial charge in [0.2, 0.25) is 0 Å². The monoisotopic (exact) mass is 332 g/mol. The maximum Gasteiger partial charge on any atom is 2.00 e. The van der Waals surface area contributed by atoms with E-state index in [9.17, 15) is 4.79 Å². The molecular formula is C8H13IO2Zn. The van der Waals surface area contributed by atoms with Crippen LogP contribution in [-0.4, -0.2) is 13.1 Å². The SMILES string of the molecule is [CH2-]CCC/C=C/C(=O)OC.[I-].[Zn+2]. The topological polar surface area (TPSA) is 26.3 Å². The molecule has 0 aromatic heterocycles. The van der Waals surface area contributed by atoms with Crippen LogP contribution in [0.2, 0.25) is 0 Å². The Morgan fingerprint density at radius 3 is 2.58 bits per heavy atom. The summed E-state index contributed by atoms with van der Waals surface area (Å²) in [5.74, 6) is -0.288. The number of unbranched alkanes of at least 4 members (excludes halogenated alkanes) is 2. The number of halogens is 1. The Kier molecular flexibility index (Phi) is 21.6. The van der Waals surface area contributed by atoms with E-state index < -0.39 is 0 Å². The third-order valence-electron chi connectivity index (χ3n) is 1.08. The van der Waals surface area contributed by atoms with Crippen LogP contribution >= 0.6 is 0 Å². The van der Waals surface area contributed by atoms with Gasteiger partial charge in [0.05, 0.1) is 7.11 Å². The first-order valence-corrected chi connectivity index (χ1v) is 3.35. The van der Waals surface area contributed by atoms with Gasteiger partial charge in [-0.05, 0) is 6.42 Å². The Hall–Kier alpha value is 0.563. The van der Waals surface area contributed by atoms with Crippen molar-refractivity contribution in [3.63, 3.8) is 0 Å². The van der Waals surface area contributed by atoms with E-state index in [4.69, 9.17) is 0 Å². The molecule has 0 aliphatic carbocycles. The van der Waals surface area contributed by atoms with Crippen molar-refractivity contribution >= 4 is 5.97 Å². The summed E-state index contributed by atoms with van der Waals surface area (Å²) >= 11 is 0. The van der Waals surface area contributed by atoms with Crippen LogP contribution in [0.1, 0.15) is 19.3 Å². The van der Waals surface area contributed by atoms with Crippen LogP contribution in [0, 0.1) is 6.92 Å². The van der Waals surface area contributed by atoms with Crippen molar-refractivity contribution in [3.8, 4) is 0 Å². The number of methoxy groups -OCH3 is 1. The molecule has 0 aliphatic heterocycles. The normalized spacial score (nSPS) is 8.50. The number of esters is 1. The Balaban J connectivity index is -0.000000405. The van der Waals surface area contributed by atoms with Gasteiger partial charge in [-0.2, -0.15) is 6.42 Å². The van der Waals surface area contributed by atoms with Crippen LogP contribution in [-0.2, 0) is 29.0 Å². The average molecular weight is 333 g/mol. The van der Waals surface area contributed by atoms with Gasteiger partial charge in [0.1, 0.15) is 0 Å². The summed E-state index contributed by atoms with van der Waals surface area (Å²) in [6.45, 7) is 3.67. The van der Waals surface area contributed by atoms with E-state index in [-0.39, 0.29) is 49.4 Å². The summed E-state index contributed by atoms with van der Waals surface area (Å²) in [4.78, 5) is 10.5. The Bertz CT molecular complexity index is 126. The minimum Gasteiger partial charge on any atom is -1.00 e. The summed E-state index contributed by atoms with van der Waals surface area (Å²) in [5.41, 5.74) is 0. The van der Waals surface area contributed by atoms with Crippen molar-refractivity contribution < 1.29 is 53.0 Å². The second kappa shape index (κ2) is 14.1. The number of hydrogen-bond acceptors (Lipinski definition) is 2. The number of rotatable bonds is 4. The number of allylic oxidation sites excluding steroid dienone is 1. The van der Waals surface area contributed by atoms with Crippen molar-refractivity contribution in [3.05, 3.63) is 19.1 Å². The van der Waals surface area contributed by atoms with E-state index in [0.29, 0.717) is 0 Å². The molecule has 0 fully saturated rings. The molecule has 4 heteroatoms. The molecule has 66 valence electrons. The molecule has 0 saturated carbocycles. The molecule has 0 bridgehead atoms. The summed E-state index contributed by atoms with van der Waals surface area (Å²) in [5, 5.41) is 0. The van der Waals surface area contributed by atoms with E-state index in [2.05, 4.69) is 11.7 Å². The van der Waals surface area contributed by atoms with Crippen molar-refractivity contribution in [1.82, 2.24) is 0 Å². The van der Waals surface area contributed by atoms with Crippen molar-refractivity contribution in [2.45, 2.75) is 19.3 Å². The van der Waals surface area contributed by atoms with Crippen molar-refractivity contribution in [2.24, 2.45) is 0 Å². The van der Waals surface area contributed by atoms with Crippen LogP contribution in [0.25, 0.3) is 0 Å². The van der Waals surface area contributed by atoms with Gasteiger partial charge in [-0.3, -0.25) is 0 Å². The number of carbonyl (C=O) groups is 1. The summed E-state index contributed by atoms with van der Waals surface area (Å²) in [7, 11) is 1.37. The molecule has 0 radical (unpaired) electrons. The fraction of sp³-hybridized carbons (Fsp3) is 0.500. The molecule has 0 aromatic carbocycles. The van der Waals surface area contributed by atoms with Gasteiger partial charge in [-0.1, -0.05) is 12.5 Å².